The minimum absolute atomic E-state index is 0.000115. The number of ether oxygens (including phenoxy) is 1. The molecule has 0 unspecified atom stereocenters. The average Bonchev–Trinajstić information content (AvgIpc) is 2.42. The highest BCUT2D eigenvalue weighted by Crippen LogP contribution is 2.33. The van der Waals surface area contributed by atoms with Crippen LogP contribution in [0.3, 0.4) is 0 Å². The van der Waals surface area contributed by atoms with Crippen LogP contribution in [0.5, 0.6) is 5.75 Å². The number of nitrogens with one attached hydrogen (secondary N) is 1. The Morgan fingerprint density at radius 3 is 2.69 bits per heavy atom. The largest absolute Gasteiger partial charge is 0.573 e. The van der Waals surface area contributed by atoms with E-state index in [0.717, 1.165) is 0 Å². The number of alkyl halides is 3. The van der Waals surface area contributed by atoms with Crippen molar-refractivity contribution in [2.24, 2.45) is 0 Å². The Labute approximate surface area is 101 Å². The summed E-state index contributed by atoms with van der Waals surface area (Å²) in [6.45, 7) is 0. The molecule has 3 nitrogen and oxygen atoms in total. The molecule has 0 amide bonds. The second kappa shape index (κ2) is 3.81. The molecule has 0 aliphatic rings. The molecule has 0 aliphatic carbocycles. The van der Waals surface area contributed by atoms with Crippen molar-refractivity contribution in [2.45, 2.75) is 6.36 Å². The monoisotopic (exact) mass is 314 g/mol. The first-order chi connectivity index (χ1) is 7.35. The van der Waals surface area contributed by atoms with Gasteiger partial charge in [-0.3, -0.25) is 0 Å². The molecule has 86 valence electrons. The van der Waals surface area contributed by atoms with Crippen molar-refractivity contribution in [3.8, 4) is 5.75 Å². The molecule has 0 saturated heterocycles. The van der Waals surface area contributed by atoms with Crippen LogP contribution >= 0.6 is 27.5 Å². The quantitative estimate of drug-likeness (QED) is 0.867. The number of aromatic amines is 1. The van der Waals surface area contributed by atoms with Crippen molar-refractivity contribution in [1.82, 2.24) is 9.97 Å². The van der Waals surface area contributed by atoms with Crippen LogP contribution < -0.4 is 4.74 Å². The summed E-state index contributed by atoms with van der Waals surface area (Å²) in [6, 6.07) is 2.73. The predicted octanol–water partition coefficient (Wildman–Crippen LogP) is 3.88. The van der Waals surface area contributed by atoms with E-state index in [1.54, 1.807) is 6.07 Å². The van der Waals surface area contributed by atoms with Gasteiger partial charge in [-0.15, -0.1) is 13.2 Å². The molecule has 8 heteroatoms. The van der Waals surface area contributed by atoms with Gasteiger partial charge in [0.25, 0.3) is 0 Å². The molecule has 1 aromatic heterocycles. The number of hydrogen-bond acceptors (Lipinski definition) is 2. The predicted molar refractivity (Wildman–Crippen MR) is 55.5 cm³/mol. The summed E-state index contributed by atoms with van der Waals surface area (Å²) in [4.78, 5) is 6.30. The number of halogens is 5. The van der Waals surface area contributed by atoms with Gasteiger partial charge in [0.1, 0.15) is 5.52 Å². The lowest BCUT2D eigenvalue weighted by Gasteiger charge is -2.09. The van der Waals surface area contributed by atoms with Crippen LogP contribution in [0.25, 0.3) is 11.0 Å². The van der Waals surface area contributed by atoms with Crippen LogP contribution in [0.4, 0.5) is 13.2 Å². The number of imidazole rings is 1. The minimum atomic E-state index is -4.76. The first-order valence-corrected chi connectivity index (χ1v) is 5.13. The number of rotatable bonds is 1. The van der Waals surface area contributed by atoms with E-state index >= 15 is 0 Å². The third-order valence-corrected chi connectivity index (χ3v) is 2.35. The first-order valence-electron chi connectivity index (χ1n) is 3.96. The molecule has 1 N–H and O–H groups in total. The molecule has 1 aromatic carbocycles. The number of H-pyrrole nitrogens is 1. The molecule has 1 heterocycles. The summed E-state index contributed by atoms with van der Waals surface area (Å²) in [5.74, 6) is -0.403. The average molecular weight is 315 g/mol. The summed E-state index contributed by atoms with van der Waals surface area (Å²) in [5.41, 5.74) is 0.393. The zero-order valence-electron chi connectivity index (χ0n) is 7.40. The van der Waals surface area contributed by atoms with Crippen molar-refractivity contribution in [1.29, 1.82) is 0 Å². The molecule has 2 aromatic rings. The Hall–Kier alpha value is -0.950. The molecule has 0 aliphatic heterocycles. The van der Waals surface area contributed by atoms with Gasteiger partial charge in [-0.2, -0.15) is 0 Å². The highest BCUT2D eigenvalue weighted by Gasteiger charge is 2.32. The fourth-order valence-electron chi connectivity index (χ4n) is 1.22. The van der Waals surface area contributed by atoms with Gasteiger partial charge in [0.05, 0.1) is 5.52 Å². The number of aromatic nitrogens is 2. The third kappa shape index (κ3) is 2.41. The number of hydrogen-bond donors (Lipinski definition) is 1. The van der Waals surface area contributed by atoms with Gasteiger partial charge in [0.2, 0.25) is 5.28 Å². The molecule has 0 atom stereocenters. The van der Waals surface area contributed by atoms with Crippen molar-refractivity contribution in [3.63, 3.8) is 0 Å². The summed E-state index contributed by atoms with van der Waals surface area (Å²) in [7, 11) is 0. The summed E-state index contributed by atoms with van der Waals surface area (Å²) < 4.78 is 40.6. The maximum absolute atomic E-state index is 12.1. The normalized spacial score (nSPS) is 12.1. The van der Waals surface area contributed by atoms with Gasteiger partial charge in [-0.25, -0.2) is 4.98 Å². The number of fused-ring (bicyclic) bond motifs is 1. The lowest BCUT2D eigenvalue weighted by Crippen LogP contribution is -2.17. The van der Waals surface area contributed by atoms with Crippen LogP contribution in [0.15, 0.2) is 16.6 Å². The second-order valence-electron chi connectivity index (χ2n) is 2.88. The van der Waals surface area contributed by atoms with E-state index < -0.39 is 12.1 Å². The summed E-state index contributed by atoms with van der Waals surface area (Å²) >= 11 is 8.62. The SMILES string of the molecule is FC(F)(F)Oc1cc(Br)cc2[nH]c(Cl)nc12. The molecule has 0 fully saturated rings. The van der Waals surface area contributed by atoms with E-state index in [1.165, 1.54) is 6.07 Å². The number of nitrogens with zero attached hydrogens (tertiary/aromatic N) is 1. The van der Waals surface area contributed by atoms with Gasteiger partial charge in [0.15, 0.2) is 5.75 Å². The van der Waals surface area contributed by atoms with Gasteiger partial charge >= 0.3 is 6.36 Å². The van der Waals surface area contributed by atoms with Crippen LogP contribution in [0, 0.1) is 0 Å². The third-order valence-electron chi connectivity index (χ3n) is 1.71. The first kappa shape index (κ1) is 11.5. The van der Waals surface area contributed by atoms with E-state index in [4.69, 9.17) is 11.6 Å². The zero-order valence-corrected chi connectivity index (χ0v) is 9.74. The van der Waals surface area contributed by atoms with Crippen LogP contribution in [-0.2, 0) is 0 Å². The molecule has 0 saturated carbocycles. The molecule has 0 spiro atoms. The fourth-order valence-corrected chi connectivity index (χ4v) is 1.85. The maximum Gasteiger partial charge on any atom is 0.573 e. The Kier molecular flexibility index (Phi) is 2.75. The Bertz CT molecular complexity index is 540. The van der Waals surface area contributed by atoms with E-state index in [9.17, 15) is 13.2 Å². The Balaban J connectivity index is 2.58. The second-order valence-corrected chi connectivity index (χ2v) is 4.15. The topological polar surface area (TPSA) is 37.9 Å². The molecule has 16 heavy (non-hydrogen) atoms. The van der Waals surface area contributed by atoms with Crippen LogP contribution in [-0.4, -0.2) is 16.3 Å². The van der Waals surface area contributed by atoms with Crippen molar-refractivity contribution >= 4 is 38.6 Å². The standard InChI is InChI=1S/C8H3BrClF3N2O/c9-3-1-4-6(15-7(10)14-4)5(2-3)16-8(11,12)13/h1-2H,(H,14,15). The highest BCUT2D eigenvalue weighted by atomic mass is 79.9. The van der Waals surface area contributed by atoms with E-state index in [-0.39, 0.29) is 10.8 Å². The smallest absolute Gasteiger partial charge is 0.403 e. The molecule has 0 bridgehead atoms. The van der Waals surface area contributed by atoms with Crippen molar-refractivity contribution in [2.75, 3.05) is 0 Å². The van der Waals surface area contributed by atoms with E-state index in [2.05, 4.69) is 30.6 Å². The Morgan fingerprint density at radius 1 is 1.38 bits per heavy atom. The van der Waals surface area contributed by atoms with E-state index in [1.807, 2.05) is 0 Å². The minimum Gasteiger partial charge on any atom is -0.403 e. The van der Waals surface area contributed by atoms with Crippen LogP contribution in [0.1, 0.15) is 0 Å². The van der Waals surface area contributed by atoms with Gasteiger partial charge in [0, 0.05) is 4.47 Å². The lowest BCUT2D eigenvalue weighted by molar-refractivity contribution is -0.274. The zero-order chi connectivity index (χ0) is 11.9. The van der Waals surface area contributed by atoms with Gasteiger partial charge in [-0.1, -0.05) is 15.9 Å². The molecular formula is C8H3BrClF3N2O. The maximum atomic E-state index is 12.1. The molecule has 0 radical (unpaired) electrons. The fraction of sp³-hybridized carbons (Fsp3) is 0.125. The van der Waals surface area contributed by atoms with Crippen molar-refractivity contribution in [3.05, 3.63) is 21.9 Å². The van der Waals surface area contributed by atoms with Crippen LogP contribution in [0.2, 0.25) is 5.28 Å². The molecular weight excluding hydrogens is 312 g/mol. The summed E-state index contributed by atoms with van der Waals surface area (Å²) in [5, 5.41) is 0.000115. The number of benzene rings is 1. The van der Waals surface area contributed by atoms with Gasteiger partial charge in [-0.05, 0) is 23.7 Å². The van der Waals surface area contributed by atoms with Gasteiger partial charge < -0.3 is 9.72 Å². The highest BCUT2D eigenvalue weighted by molar-refractivity contribution is 9.10. The van der Waals surface area contributed by atoms with E-state index in [0.29, 0.717) is 9.99 Å². The Morgan fingerprint density at radius 2 is 2.06 bits per heavy atom. The van der Waals surface area contributed by atoms with Crippen molar-refractivity contribution < 1.29 is 17.9 Å². The lowest BCUT2D eigenvalue weighted by atomic mass is 10.3. The summed E-state index contributed by atoms with van der Waals surface area (Å²) in [6.07, 6.45) is -4.76. The molecule has 2 rings (SSSR count).